The number of hydrogen-bond donors (Lipinski definition) is 0. The van der Waals surface area contributed by atoms with Crippen LogP contribution in [0.1, 0.15) is 33.0 Å². The van der Waals surface area contributed by atoms with Crippen molar-refractivity contribution < 1.29 is 22.4 Å². The molecule has 0 amide bonds. The Morgan fingerprint density at radius 1 is 1.07 bits per heavy atom. The SMILES string of the molecule is COC(=O)c1cc(CN2CCN(S(=O)(=O)c3ccc(C)c(C)c3)CC2)oc1C. The summed E-state index contributed by atoms with van der Waals surface area (Å²) < 4.78 is 37.7. The van der Waals surface area contributed by atoms with Crippen LogP contribution < -0.4 is 0 Å². The first-order valence-electron chi connectivity index (χ1n) is 9.19. The van der Waals surface area contributed by atoms with Gasteiger partial charge in [-0.15, -0.1) is 0 Å². The molecule has 0 aliphatic carbocycles. The molecule has 1 aromatic heterocycles. The first-order chi connectivity index (χ1) is 13.2. The second-order valence-electron chi connectivity index (χ2n) is 7.10. The van der Waals surface area contributed by atoms with Crippen LogP contribution in [0.5, 0.6) is 0 Å². The van der Waals surface area contributed by atoms with E-state index in [1.54, 1.807) is 25.1 Å². The molecule has 8 heteroatoms. The Kier molecular flexibility index (Phi) is 5.92. The predicted octanol–water partition coefficient (Wildman–Crippen LogP) is 2.50. The largest absolute Gasteiger partial charge is 0.465 e. The van der Waals surface area contributed by atoms with E-state index in [4.69, 9.17) is 9.15 Å². The summed E-state index contributed by atoms with van der Waals surface area (Å²) in [5, 5.41) is 0. The Labute approximate surface area is 165 Å². The number of esters is 1. The number of ether oxygens (including phenoxy) is 1. The fourth-order valence-corrected chi connectivity index (χ4v) is 4.81. The van der Waals surface area contributed by atoms with Crippen LogP contribution in [-0.4, -0.2) is 56.9 Å². The van der Waals surface area contributed by atoms with Gasteiger partial charge in [0.05, 0.1) is 18.6 Å². The first kappa shape index (κ1) is 20.6. The zero-order chi connectivity index (χ0) is 20.5. The van der Waals surface area contributed by atoms with Crippen LogP contribution in [0.15, 0.2) is 33.6 Å². The van der Waals surface area contributed by atoms with E-state index >= 15 is 0 Å². The standard InChI is InChI=1S/C20H26N2O5S/c1-14-5-6-18(11-15(14)2)28(24,25)22-9-7-21(8-10-22)13-17-12-19(16(3)27-17)20(23)26-4/h5-6,11-12H,7-10,13H2,1-4H3. The summed E-state index contributed by atoms with van der Waals surface area (Å²) in [7, 11) is -2.16. The minimum atomic E-state index is -3.49. The number of rotatable bonds is 5. The fourth-order valence-electron chi connectivity index (χ4n) is 3.31. The monoisotopic (exact) mass is 406 g/mol. The van der Waals surface area contributed by atoms with Gasteiger partial charge in [0, 0.05) is 26.2 Å². The van der Waals surface area contributed by atoms with Crippen LogP contribution in [0.25, 0.3) is 0 Å². The van der Waals surface area contributed by atoms with E-state index in [1.165, 1.54) is 11.4 Å². The summed E-state index contributed by atoms with van der Waals surface area (Å²) in [4.78, 5) is 14.2. The number of methoxy groups -OCH3 is 1. The Bertz CT molecular complexity index is 972. The molecule has 0 N–H and O–H groups in total. The van der Waals surface area contributed by atoms with Crippen LogP contribution in [-0.2, 0) is 21.3 Å². The average Bonchev–Trinajstić information content (AvgIpc) is 3.03. The first-order valence-corrected chi connectivity index (χ1v) is 10.6. The summed E-state index contributed by atoms with van der Waals surface area (Å²) >= 11 is 0. The maximum absolute atomic E-state index is 12.9. The highest BCUT2D eigenvalue weighted by Crippen LogP contribution is 2.22. The molecular formula is C20H26N2O5S. The number of nitrogens with zero attached hydrogens (tertiary/aromatic N) is 2. The Balaban J connectivity index is 1.64. The number of carbonyl (C=O) groups is 1. The van der Waals surface area contributed by atoms with Crippen LogP contribution in [0.4, 0.5) is 0 Å². The van der Waals surface area contributed by atoms with Crippen LogP contribution in [0, 0.1) is 20.8 Å². The highest BCUT2D eigenvalue weighted by Gasteiger charge is 2.29. The van der Waals surface area contributed by atoms with Crippen molar-refractivity contribution in [3.8, 4) is 0 Å². The van der Waals surface area contributed by atoms with E-state index < -0.39 is 16.0 Å². The van der Waals surface area contributed by atoms with Gasteiger partial charge in [-0.25, -0.2) is 13.2 Å². The quantitative estimate of drug-likeness (QED) is 0.710. The van der Waals surface area contributed by atoms with E-state index in [0.29, 0.717) is 54.7 Å². The zero-order valence-electron chi connectivity index (χ0n) is 16.7. The number of benzene rings is 1. The van der Waals surface area contributed by atoms with Gasteiger partial charge in [0.1, 0.15) is 17.1 Å². The van der Waals surface area contributed by atoms with Gasteiger partial charge >= 0.3 is 5.97 Å². The van der Waals surface area contributed by atoms with Crippen molar-refractivity contribution >= 4 is 16.0 Å². The molecule has 7 nitrogen and oxygen atoms in total. The Morgan fingerprint density at radius 2 is 1.75 bits per heavy atom. The van der Waals surface area contributed by atoms with Crippen LogP contribution >= 0.6 is 0 Å². The minimum Gasteiger partial charge on any atom is -0.465 e. The van der Waals surface area contributed by atoms with E-state index in [-0.39, 0.29) is 0 Å². The van der Waals surface area contributed by atoms with Crippen molar-refractivity contribution in [2.45, 2.75) is 32.2 Å². The Morgan fingerprint density at radius 3 is 2.36 bits per heavy atom. The van der Waals surface area contributed by atoms with E-state index in [9.17, 15) is 13.2 Å². The smallest absolute Gasteiger partial charge is 0.341 e. The number of carbonyl (C=O) groups excluding carboxylic acids is 1. The van der Waals surface area contributed by atoms with E-state index in [2.05, 4.69) is 4.90 Å². The van der Waals surface area contributed by atoms with Crippen molar-refractivity contribution in [1.29, 1.82) is 0 Å². The number of furan rings is 1. The van der Waals surface area contributed by atoms with Crippen molar-refractivity contribution in [3.63, 3.8) is 0 Å². The van der Waals surface area contributed by atoms with Crippen LogP contribution in [0.2, 0.25) is 0 Å². The summed E-state index contributed by atoms with van der Waals surface area (Å²) in [5.74, 6) is 0.776. The maximum Gasteiger partial charge on any atom is 0.341 e. The van der Waals surface area contributed by atoms with Gasteiger partial charge in [-0.1, -0.05) is 6.07 Å². The molecule has 1 aliphatic rings. The molecule has 0 spiro atoms. The third-order valence-corrected chi connectivity index (χ3v) is 7.10. The van der Waals surface area contributed by atoms with Crippen LogP contribution in [0.3, 0.4) is 0 Å². The maximum atomic E-state index is 12.9. The van der Waals surface area contributed by atoms with Gasteiger partial charge in [0.2, 0.25) is 10.0 Å². The highest BCUT2D eigenvalue weighted by molar-refractivity contribution is 7.89. The van der Waals surface area contributed by atoms with Gasteiger partial charge in [-0.3, -0.25) is 4.90 Å². The lowest BCUT2D eigenvalue weighted by atomic mass is 10.1. The number of sulfonamides is 1. The number of hydrogen-bond acceptors (Lipinski definition) is 6. The molecule has 2 heterocycles. The summed E-state index contributed by atoms with van der Waals surface area (Å²) in [6.07, 6.45) is 0. The molecule has 3 rings (SSSR count). The van der Waals surface area contributed by atoms with E-state index in [0.717, 1.165) is 11.1 Å². The third-order valence-electron chi connectivity index (χ3n) is 5.20. The van der Waals surface area contributed by atoms with Crippen molar-refractivity contribution in [2.24, 2.45) is 0 Å². The molecule has 1 aromatic carbocycles. The molecule has 1 aliphatic heterocycles. The molecule has 0 saturated carbocycles. The number of aryl methyl sites for hydroxylation is 3. The molecule has 0 unspecified atom stereocenters. The van der Waals surface area contributed by atoms with Crippen molar-refractivity contribution in [2.75, 3.05) is 33.3 Å². The lowest BCUT2D eigenvalue weighted by molar-refractivity contribution is 0.0599. The topological polar surface area (TPSA) is 80.1 Å². The lowest BCUT2D eigenvalue weighted by Gasteiger charge is -2.33. The molecule has 0 atom stereocenters. The molecule has 1 saturated heterocycles. The lowest BCUT2D eigenvalue weighted by Crippen LogP contribution is -2.48. The molecular weight excluding hydrogens is 380 g/mol. The summed E-state index contributed by atoms with van der Waals surface area (Å²) in [6.45, 7) is 8.15. The molecule has 28 heavy (non-hydrogen) atoms. The Hall–Kier alpha value is -2.16. The van der Waals surface area contributed by atoms with Gasteiger partial charge in [0.15, 0.2) is 0 Å². The molecule has 2 aromatic rings. The summed E-state index contributed by atoms with van der Waals surface area (Å²) in [5.41, 5.74) is 2.46. The van der Waals surface area contributed by atoms with Gasteiger partial charge < -0.3 is 9.15 Å². The second kappa shape index (κ2) is 8.06. The zero-order valence-corrected chi connectivity index (χ0v) is 17.5. The molecule has 0 radical (unpaired) electrons. The van der Waals surface area contributed by atoms with Gasteiger partial charge in [-0.2, -0.15) is 4.31 Å². The molecule has 1 fully saturated rings. The second-order valence-corrected chi connectivity index (χ2v) is 9.04. The normalized spacial score (nSPS) is 16.3. The number of piperazine rings is 1. The van der Waals surface area contributed by atoms with Gasteiger partial charge in [0.25, 0.3) is 0 Å². The highest BCUT2D eigenvalue weighted by atomic mass is 32.2. The van der Waals surface area contributed by atoms with E-state index in [1.807, 2.05) is 19.9 Å². The minimum absolute atomic E-state index is 0.341. The molecule has 0 bridgehead atoms. The van der Waals surface area contributed by atoms with Gasteiger partial charge in [-0.05, 0) is 50.1 Å². The third kappa shape index (κ3) is 4.14. The van der Waals surface area contributed by atoms with Crippen molar-refractivity contribution in [1.82, 2.24) is 9.21 Å². The van der Waals surface area contributed by atoms with Crippen molar-refractivity contribution in [3.05, 3.63) is 52.5 Å². The molecule has 152 valence electrons. The predicted molar refractivity (Wildman–Crippen MR) is 105 cm³/mol. The fraction of sp³-hybridized carbons (Fsp3) is 0.450. The summed E-state index contributed by atoms with van der Waals surface area (Å²) in [6, 6.07) is 6.94. The average molecular weight is 407 g/mol.